The number of nitrogens with one attached hydrogen (secondary N) is 2. The van der Waals surface area contributed by atoms with Crippen LogP contribution in [0.1, 0.15) is 56.9 Å². The smallest absolute Gasteiger partial charge is 0.237 e. The second-order valence-corrected chi connectivity index (χ2v) is 7.56. The fourth-order valence-electron chi connectivity index (χ4n) is 4.32. The van der Waals surface area contributed by atoms with E-state index in [2.05, 4.69) is 20.5 Å². The van der Waals surface area contributed by atoms with E-state index >= 15 is 0 Å². The van der Waals surface area contributed by atoms with Crippen LogP contribution in [-0.2, 0) is 11.3 Å². The van der Waals surface area contributed by atoms with Crippen molar-refractivity contribution in [3.63, 3.8) is 0 Å². The monoisotopic (exact) mass is 344 g/mol. The van der Waals surface area contributed by atoms with E-state index in [0.717, 1.165) is 19.5 Å². The molecule has 1 aromatic rings. The van der Waals surface area contributed by atoms with E-state index in [1.807, 2.05) is 24.5 Å². The highest BCUT2D eigenvalue weighted by atomic mass is 16.2. The number of hydrogen-bond donors (Lipinski definition) is 2. The lowest BCUT2D eigenvalue weighted by Gasteiger charge is -2.25. The molecule has 5 heteroatoms. The van der Waals surface area contributed by atoms with Gasteiger partial charge in [0, 0.05) is 44.6 Å². The van der Waals surface area contributed by atoms with Crippen molar-refractivity contribution in [1.82, 2.24) is 20.5 Å². The highest BCUT2D eigenvalue weighted by Gasteiger charge is 2.36. The van der Waals surface area contributed by atoms with E-state index < -0.39 is 0 Å². The summed E-state index contributed by atoms with van der Waals surface area (Å²) in [6, 6.07) is 5.07. The Morgan fingerprint density at radius 3 is 2.48 bits per heavy atom. The van der Waals surface area contributed by atoms with Crippen molar-refractivity contribution in [2.24, 2.45) is 0 Å². The van der Waals surface area contributed by atoms with Crippen LogP contribution in [0.5, 0.6) is 0 Å². The molecule has 1 saturated heterocycles. The largest absolute Gasteiger partial charge is 0.358 e. The van der Waals surface area contributed by atoms with Crippen LogP contribution in [0, 0.1) is 0 Å². The Balaban J connectivity index is 1.60. The van der Waals surface area contributed by atoms with Gasteiger partial charge in [0.2, 0.25) is 5.91 Å². The predicted molar refractivity (Wildman–Crippen MR) is 100 cm³/mol. The van der Waals surface area contributed by atoms with Crippen molar-refractivity contribution in [2.75, 3.05) is 13.6 Å². The molecule has 2 atom stereocenters. The van der Waals surface area contributed by atoms with Gasteiger partial charge >= 0.3 is 0 Å². The molecule has 2 heterocycles. The van der Waals surface area contributed by atoms with Crippen LogP contribution in [-0.4, -0.2) is 47.5 Å². The number of pyridine rings is 1. The first-order chi connectivity index (χ1) is 12.3. The molecule has 2 aliphatic rings. The minimum absolute atomic E-state index is 0.0378. The van der Waals surface area contributed by atoms with Gasteiger partial charge in [0.15, 0.2) is 0 Å². The molecule has 25 heavy (non-hydrogen) atoms. The molecule has 0 spiro atoms. The van der Waals surface area contributed by atoms with Crippen molar-refractivity contribution in [2.45, 2.75) is 76.0 Å². The molecule has 5 nitrogen and oxygen atoms in total. The number of amides is 1. The van der Waals surface area contributed by atoms with Gasteiger partial charge in [-0.05, 0) is 37.0 Å². The Morgan fingerprint density at radius 1 is 1.12 bits per heavy atom. The van der Waals surface area contributed by atoms with Crippen LogP contribution < -0.4 is 10.6 Å². The molecule has 2 N–H and O–H groups in total. The fraction of sp³-hybridized carbons (Fsp3) is 0.700. The molecule has 1 aromatic heterocycles. The summed E-state index contributed by atoms with van der Waals surface area (Å²) in [6.07, 6.45) is 13.9. The molecule has 1 aliphatic carbocycles. The van der Waals surface area contributed by atoms with Gasteiger partial charge in [-0.2, -0.15) is 0 Å². The first-order valence-electron chi connectivity index (χ1n) is 9.87. The summed E-state index contributed by atoms with van der Waals surface area (Å²) in [5.41, 5.74) is 1.22. The van der Waals surface area contributed by atoms with Crippen molar-refractivity contribution < 1.29 is 4.79 Å². The molecule has 1 aliphatic heterocycles. The molecule has 0 radical (unpaired) electrons. The lowest BCUT2D eigenvalue weighted by atomic mass is 9.96. The van der Waals surface area contributed by atoms with Gasteiger partial charge in [-0.25, -0.2) is 0 Å². The number of rotatable bonds is 5. The molecule has 3 rings (SSSR count). The van der Waals surface area contributed by atoms with Gasteiger partial charge in [-0.15, -0.1) is 0 Å². The molecule has 0 bridgehead atoms. The zero-order valence-electron chi connectivity index (χ0n) is 15.4. The van der Waals surface area contributed by atoms with E-state index in [4.69, 9.17) is 0 Å². The van der Waals surface area contributed by atoms with Gasteiger partial charge in [-0.1, -0.05) is 32.1 Å². The summed E-state index contributed by atoms with van der Waals surface area (Å²) >= 11 is 0. The van der Waals surface area contributed by atoms with Gasteiger partial charge < -0.3 is 10.6 Å². The van der Waals surface area contributed by atoms with Crippen LogP contribution in [0.25, 0.3) is 0 Å². The van der Waals surface area contributed by atoms with Crippen molar-refractivity contribution in [3.8, 4) is 0 Å². The molecule has 0 unspecified atom stereocenters. The Hall–Kier alpha value is -1.46. The number of aromatic nitrogens is 1. The molecular weight excluding hydrogens is 312 g/mol. The van der Waals surface area contributed by atoms with Crippen LogP contribution in [0.4, 0.5) is 0 Å². The normalized spacial score (nSPS) is 26.1. The van der Waals surface area contributed by atoms with Gasteiger partial charge in [0.05, 0.1) is 6.04 Å². The van der Waals surface area contributed by atoms with E-state index in [1.165, 1.54) is 50.5 Å². The van der Waals surface area contributed by atoms with Crippen molar-refractivity contribution in [1.29, 1.82) is 0 Å². The van der Waals surface area contributed by atoms with E-state index in [-0.39, 0.29) is 11.9 Å². The highest BCUT2D eigenvalue weighted by Crippen LogP contribution is 2.24. The number of likely N-dealkylation sites (N-methyl/N-ethyl adjacent to an activating group) is 1. The predicted octanol–water partition coefficient (Wildman–Crippen LogP) is 2.47. The van der Waals surface area contributed by atoms with Crippen molar-refractivity contribution >= 4 is 5.91 Å². The van der Waals surface area contributed by atoms with Gasteiger partial charge in [0.25, 0.3) is 0 Å². The van der Waals surface area contributed by atoms with E-state index in [1.54, 1.807) is 7.05 Å². The first kappa shape index (κ1) is 18.3. The van der Waals surface area contributed by atoms with Crippen LogP contribution in [0.15, 0.2) is 24.5 Å². The van der Waals surface area contributed by atoms with Gasteiger partial charge in [-0.3, -0.25) is 14.7 Å². The third-order valence-corrected chi connectivity index (χ3v) is 5.66. The number of carbonyl (C=O) groups excluding carboxylic acids is 1. The number of nitrogens with zero attached hydrogens (tertiary/aromatic N) is 2. The molecule has 1 amide bonds. The number of likely N-dealkylation sites (tertiary alicyclic amines) is 1. The van der Waals surface area contributed by atoms with E-state index in [0.29, 0.717) is 12.1 Å². The maximum Gasteiger partial charge on any atom is 0.237 e. The maximum atomic E-state index is 12.4. The SMILES string of the molecule is CNC(=O)[C@@H]1C[C@@H](NC2CCCCCCC2)CN1Cc1ccncc1. The molecule has 1 saturated carbocycles. The standard InChI is InChI=1S/C20H32N4O/c1-21-20(25)19-13-18(23-17-7-5-3-2-4-6-8-17)15-24(19)14-16-9-11-22-12-10-16/h9-12,17-19,23H,2-8,13-15H2,1H3,(H,21,25)/t18-,19+/m1/s1. The topological polar surface area (TPSA) is 57.3 Å². The minimum atomic E-state index is -0.0378. The molecule has 2 fully saturated rings. The fourth-order valence-corrected chi connectivity index (χ4v) is 4.32. The molecular formula is C20H32N4O. The highest BCUT2D eigenvalue weighted by molar-refractivity contribution is 5.81. The average molecular weight is 345 g/mol. The Bertz CT molecular complexity index is 528. The number of hydrogen-bond acceptors (Lipinski definition) is 4. The summed E-state index contributed by atoms with van der Waals surface area (Å²) in [7, 11) is 1.74. The van der Waals surface area contributed by atoms with Crippen molar-refractivity contribution in [3.05, 3.63) is 30.1 Å². The third-order valence-electron chi connectivity index (χ3n) is 5.66. The zero-order valence-corrected chi connectivity index (χ0v) is 15.4. The lowest BCUT2D eigenvalue weighted by Crippen LogP contribution is -2.41. The average Bonchev–Trinajstić information content (AvgIpc) is 3.00. The summed E-state index contributed by atoms with van der Waals surface area (Å²) in [5, 5.41) is 6.72. The third kappa shape index (κ3) is 5.25. The zero-order chi connectivity index (χ0) is 17.5. The lowest BCUT2D eigenvalue weighted by molar-refractivity contribution is -0.125. The second-order valence-electron chi connectivity index (χ2n) is 7.56. The Kier molecular flexibility index (Phi) is 6.82. The second kappa shape index (κ2) is 9.30. The minimum Gasteiger partial charge on any atom is -0.358 e. The van der Waals surface area contributed by atoms with E-state index in [9.17, 15) is 4.79 Å². The molecule has 138 valence electrons. The quantitative estimate of drug-likeness (QED) is 0.862. The number of carbonyl (C=O) groups is 1. The summed E-state index contributed by atoms with van der Waals surface area (Å²) in [6.45, 7) is 1.75. The Morgan fingerprint density at radius 2 is 1.80 bits per heavy atom. The summed E-state index contributed by atoms with van der Waals surface area (Å²) in [5.74, 6) is 0.135. The Labute approximate surface area is 151 Å². The molecule has 0 aromatic carbocycles. The van der Waals surface area contributed by atoms with Crippen LogP contribution in [0.2, 0.25) is 0 Å². The van der Waals surface area contributed by atoms with Gasteiger partial charge in [0.1, 0.15) is 0 Å². The first-order valence-corrected chi connectivity index (χ1v) is 9.87. The van der Waals surface area contributed by atoms with Crippen LogP contribution in [0.3, 0.4) is 0 Å². The summed E-state index contributed by atoms with van der Waals surface area (Å²) in [4.78, 5) is 18.8. The van der Waals surface area contributed by atoms with Crippen LogP contribution >= 0.6 is 0 Å². The summed E-state index contributed by atoms with van der Waals surface area (Å²) < 4.78 is 0. The maximum absolute atomic E-state index is 12.4.